The van der Waals surface area contributed by atoms with Crippen LogP contribution in [0, 0.1) is 12.3 Å². The number of nitrogens with zero attached hydrogens (tertiary/aromatic N) is 1. The Hall–Kier alpha value is -2.33. The first-order chi connectivity index (χ1) is 12.5. The van der Waals surface area contributed by atoms with Crippen LogP contribution in [0.25, 0.3) is 0 Å². The van der Waals surface area contributed by atoms with E-state index < -0.39 is 5.41 Å². The van der Waals surface area contributed by atoms with Crippen molar-refractivity contribution in [3.63, 3.8) is 0 Å². The zero-order chi connectivity index (χ0) is 18.3. The number of aryl methyl sites for hydroxylation is 2. The minimum absolute atomic E-state index is 0.0816. The van der Waals surface area contributed by atoms with E-state index >= 15 is 0 Å². The molecule has 0 saturated heterocycles. The number of anilines is 2. The third kappa shape index (κ3) is 2.88. The Balaban J connectivity index is 1.58. The van der Waals surface area contributed by atoms with Crippen molar-refractivity contribution in [3.05, 3.63) is 58.6 Å². The highest BCUT2D eigenvalue weighted by Crippen LogP contribution is 2.49. The van der Waals surface area contributed by atoms with Crippen LogP contribution >= 0.6 is 11.6 Å². The van der Waals surface area contributed by atoms with Crippen molar-refractivity contribution in [2.45, 2.75) is 32.6 Å². The number of carbonyl (C=O) groups excluding carboxylic acids is 2. The maximum Gasteiger partial charge on any atom is 0.242 e. The number of hydrogen-bond acceptors (Lipinski definition) is 2. The molecule has 2 aromatic carbocycles. The van der Waals surface area contributed by atoms with Crippen LogP contribution in [-0.2, 0) is 16.0 Å². The number of rotatable bonds is 3. The largest absolute Gasteiger partial charge is 0.325 e. The highest BCUT2D eigenvalue weighted by Gasteiger charge is 2.58. The number of nitrogens with one attached hydrogen (secondary N) is 1. The molecule has 1 saturated carbocycles. The van der Waals surface area contributed by atoms with E-state index in [9.17, 15) is 9.59 Å². The zero-order valence-electron chi connectivity index (χ0n) is 14.7. The molecule has 1 heterocycles. The molecule has 5 heteroatoms. The number of benzene rings is 2. The van der Waals surface area contributed by atoms with Crippen LogP contribution in [0.15, 0.2) is 42.5 Å². The third-order valence-electron chi connectivity index (χ3n) is 5.40. The monoisotopic (exact) mass is 368 g/mol. The van der Waals surface area contributed by atoms with E-state index in [1.54, 1.807) is 17.0 Å². The molecule has 0 spiro atoms. The van der Waals surface area contributed by atoms with E-state index in [1.807, 2.05) is 31.2 Å². The van der Waals surface area contributed by atoms with Gasteiger partial charge in [-0.1, -0.05) is 35.9 Å². The van der Waals surface area contributed by atoms with Crippen molar-refractivity contribution in [1.29, 1.82) is 0 Å². The zero-order valence-corrected chi connectivity index (χ0v) is 15.5. The molecule has 1 aliphatic heterocycles. The highest BCUT2D eigenvalue weighted by atomic mass is 35.5. The summed E-state index contributed by atoms with van der Waals surface area (Å²) in [5, 5.41) is 3.49. The molecule has 1 fully saturated rings. The predicted molar refractivity (Wildman–Crippen MR) is 104 cm³/mol. The SMILES string of the molecule is Cc1ccc(Cl)cc1NC(=O)C1(C(=O)N2CCCc3ccccc32)CC1. The first-order valence-corrected chi connectivity index (χ1v) is 9.36. The second-order valence-corrected chi connectivity index (χ2v) is 7.62. The van der Waals surface area contributed by atoms with Gasteiger partial charge in [-0.25, -0.2) is 0 Å². The van der Waals surface area contributed by atoms with E-state index in [2.05, 4.69) is 11.4 Å². The summed E-state index contributed by atoms with van der Waals surface area (Å²) in [5.74, 6) is -0.308. The molecule has 26 heavy (non-hydrogen) atoms. The Morgan fingerprint density at radius 2 is 1.92 bits per heavy atom. The van der Waals surface area contributed by atoms with E-state index in [0.29, 0.717) is 30.1 Å². The Labute approximate surface area is 158 Å². The first kappa shape index (κ1) is 17.1. The molecule has 1 N–H and O–H groups in total. The van der Waals surface area contributed by atoms with E-state index in [1.165, 1.54) is 5.56 Å². The van der Waals surface area contributed by atoms with E-state index in [0.717, 1.165) is 24.1 Å². The first-order valence-electron chi connectivity index (χ1n) is 8.99. The quantitative estimate of drug-likeness (QED) is 0.819. The summed E-state index contributed by atoms with van der Waals surface area (Å²) >= 11 is 6.04. The van der Waals surface area contributed by atoms with Gasteiger partial charge in [-0.05, 0) is 61.9 Å². The van der Waals surface area contributed by atoms with Crippen molar-refractivity contribution in [2.75, 3.05) is 16.8 Å². The normalized spacial score (nSPS) is 17.4. The Kier molecular flexibility index (Phi) is 4.23. The summed E-state index contributed by atoms with van der Waals surface area (Å²) < 4.78 is 0. The number of carbonyl (C=O) groups is 2. The lowest BCUT2D eigenvalue weighted by atomic mass is 9.97. The van der Waals surface area contributed by atoms with Gasteiger partial charge in [0, 0.05) is 22.9 Å². The lowest BCUT2D eigenvalue weighted by molar-refractivity contribution is -0.132. The van der Waals surface area contributed by atoms with Crippen molar-refractivity contribution in [1.82, 2.24) is 0 Å². The molecule has 0 radical (unpaired) electrons. The van der Waals surface area contributed by atoms with Gasteiger partial charge in [0.25, 0.3) is 0 Å². The van der Waals surface area contributed by atoms with Crippen LogP contribution in [-0.4, -0.2) is 18.4 Å². The molecular weight excluding hydrogens is 348 g/mol. The average molecular weight is 369 g/mol. The van der Waals surface area contributed by atoms with Crippen LogP contribution in [0.3, 0.4) is 0 Å². The van der Waals surface area contributed by atoms with Gasteiger partial charge in [-0.3, -0.25) is 9.59 Å². The summed E-state index contributed by atoms with van der Waals surface area (Å²) in [6.07, 6.45) is 3.08. The number of halogens is 1. The lowest BCUT2D eigenvalue weighted by Crippen LogP contribution is -2.45. The molecule has 0 aromatic heterocycles. The average Bonchev–Trinajstić information content (AvgIpc) is 3.46. The van der Waals surface area contributed by atoms with Gasteiger partial charge in [-0.15, -0.1) is 0 Å². The van der Waals surface area contributed by atoms with Gasteiger partial charge in [0.15, 0.2) is 0 Å². The molecule has 4 rings (SSSR count). The molecular formula is C21H21ClN2O2. The fourth-order valence-electron chi connectivity index (χ4n) is 3.64. The number of amides is 2. The molecule has 0 atom stereocenters. The maximum atomic E-state index is 13.3. The van der Waals surface area contributed by atoms with Gasteiger partial charge in [-0.2, -0.15) is 0 Å². The van der Waals surface area contributed by atoms with Crippen molar-refractivity contribution in [3.8, 4) is 0 Å². The minimum atomic E-state index is -0.945. The fraction of sp³-hybridized carbons (Fsp3) is 0.333. The summed E-state index contributed by atoms with van der Waals surface area (Å²) in [4.78, 5) is 28.0. The van der Waals surface area contributed by atoms with Gasteiger partial charge in [0.1, 0.15) is 5.41 Å². The number of fused-ring (bicyclic) bond motifs is 1. The summed E-state index contributed by atoms with van der Waals surface area (Å²) in [7, 11) is 0. The predicted octanol–water partition coefficient (Wildman–Crippen LogP) is 4.35. The molecule has 2 amide bonds. The summed E-state index contributed by atoms with van der Waals surface area (Å²) in [6.45, 7) is 2.58. The standard InChI is InChI=1S/C21H21ClN2O2/c1-14-8-9-16(22)13-17(14)23-19(25)21(10-11-21)20(26)24-12-4-6-15-5-2-3-7-18(15)24/h2-3,5,7-9,13H,4,6,10-12H2,1H3,(H,23,25). The van der Waals surface area contributed by atoms with Gasteiger partial charge >= 0.3 is 0 Å². The van der Waals surface area contributed by atoms with E-state index in [-0.39, 0.29) is 11.8 Å². The Morgan fingerprint density at radius 3 is 2.69 bits per heavy atom. The number of hydrogen-bond donors (Lipinski definition) is 1. The summed E-state index contributed by atoms with van der Waals surface area (Å²) in [5.41, 5.74) is 2.77. The Morgan fingerprint density at radius 1 is 1.15 bits per heavy atom. The number of para-hydroxylation sites is 1. The lowest BCUT2D eigenvalue weighted by Gasteiger charge is -2.32. The fourth-order valence-corrected chi connectivity index (χ4v) is 3.81. The summed E-state index contributed by atoms with van der Waals surface area (Å²) in [6, 6.07) is 13.3. The van der Waals surface area contributed by atoms with Crippen molar-refractivity contribution >= 4 is 34.8 Å². The molecule has 1 aliphatic carbocycles. The molecule has 4 nitrogen and oxygen atoms in total. The maximum absolute atomic E-state index is 13.3. The molecule has 134 valence electrons. The van der Waals surface area contributed by atoms with Crippen LogP contribution in [0.4, 0.5) is 11.4 Å². The smallest absolute Gasteiger partial charge is 0.242 e. The Bertz CT molecular complexity index is 889. The molecule has 0 unspecified atom stereocenters. The van der Waals surface area contributed by atoms with Crippen LogP contribution in [0.1, 0.15) is 30.4 Å². The second-order valence-electron chi connectivity index (χ2n) is 7.18. The van der Waals surface area contributed by atoms with Crippen LogP contribution < -0.4 is 10.2 Å². The topological polar surface area (TPSA) is 49.4 Å². The molecule has 2 aromatic rings. The highest BCUT2D eigenvalue weighted by molar-refractivity contribution is 6.31. The van der Waals surface area contributed by atoms with E-state index in [4.69, 9.17) is 11.6 Å². The van der Waals surface area contributed by atoms with Gasteiger partial charge < -0.3 is 10.2 Å². The van der Waals surface area contributed by atoms with Gasteiger partial charge in [0.05, 0.1) is 0 Å². The van der Waals surface area contributed by atoms with Crippen LogP contribution in [0.2, 0.25) is 5.02 Å². The molecule has 0 bridgehead atoms. The third-order valence-corrected chi connectivity index (χ3v) is 5.63. The second kappa shape index (κ2) is 6.44. The van der Waals surface area contributed by atoms with Crippen molar-refractivity contribution in [2.24, 2.45) is 5.41 Å². The minimum Gasteiger partial charge on any atom is -0.325 e. The van der Waals surface area contributed by atoms with Crippen LogP contribution in [0.5, 0.6) is 0 Å². The molecule has 2 aliphatic rings. The van der Waals surface area contributed by atoms with Gasteiger partial charge in [0.2, 0.25) is 11.8 Å². The van der Waals surface area contributed by atoms with Crippen molar-refractivity contribution < 1.29 is 9.59 Å².